The summed E-state index contributed by atoms with van der Waals surface area (Å²) < 4.78 is 5.74. The number of likely N-dealkylation sites (tertiary alicyclic amines) is 1. The van der Waals surface area contributed by atoms with E-state index >= 15 is 0 Å². The maximum absolute atomic E-state index is 12.7. The summed E-state index contributed by atoms with van der Waals surface area (Å²) in [4.78, 5) is 36.0. The molecule has 1 atom stereocenters. The Morgan fingerprint density at radius 3 is 2.63 bits per heavy atom. The minimum absolute atomic E-state index is 0.00332. The van der Waals surface area contributed by atoms with Crippen molar-refractivity contribution in [2.45, 2.75) is 51.2 Å². The first-order chi connectivity index (χ1) is 12.8. The number of carbonyl (C=O) groups excluding carboxylic acids is 2. The summed E-state index contributed by atoms with van der Waals surface area (Å²) in [5.41, 5.74) is 0.502. The van der Waals surface area contributed by atoms with Gasteiger partial charge >= 0.3 is 6.09 Å². The van der Waals surface area contributed by atoms with E-state index in [1.807, 2.05) is 23.9 Å². The highest BCUT2D eigenvalue weighted by Gasteiger charge is 2.48. The maximum atomic E-state index is 12.7. The molecule has 0 bridgehead atoms. The summed E-state index contributed by atoms with van der Waals surface area (Å²) in [6.07, 6.45) is 2.15. The van der Waals surface area contributed by atoms with E-state index in [9.17, 15) is 9.59 Å². The van der Waals surface area contributed by atoms with Crippen molar-refractivity contribution in [3.63, 3.8) is 0 Å². The molecule has 8 heteroatoms. The molecule has 152 valence electrons. The second-order valence-electron chi connectivity index (χ2n) is 8.49. The van der Waals surface area contributed by atoms with Gasteiger partial charge in [-0.05, 0) is 33.0 Å². The largest absolute Gasteiger partial charge is 0.441 e. The quantitative estimate of drug-likeness (QED) is 0.699. The fraction of sp³-hybridized carbons (Fsp3) is 0.842. The zero-order chi connectivity index (χ0) is 19.6. The van der Waals surface area contributed by atoms with Gasteiger partial charge in [-0.25, -0.2) is 4.79 Å². The predicted molar refractivity (Wildman–Crippen MR) is 102 cm³/mol. The van der Waals surface area contributed by atoms with Gasteiger partial charge in [0.15, 0.2) is 0 Å². The third-order valence-corrected chi connectivity index (χ3v) is 5.69. The predicted octanol–water partition coefficient (Wildman–Crippen LogP) is 1.55. The van der Waals surface area contributed by atoms with Gasteiger partial charge in [-0.3, -0.25) is 4.79 Å². The Morgan fingerprint density at radius 1 is 1.33 bits per heavy atom. The third-order valence-electron chi connectivity index (χ3n) is 5.69. The first kappa shape index (κ1) is 19.9. The number of rotatable bonds is 6. The highest BCUT2D eigenvalue weighted by Crippen LogP contribution is 2.34. The number of piperidine rings is 1. The molecule has 3 aliphatic rings. The van der Waals surface area contributed by atoms with Crippen LogP contribution in [-0.2, 0) is 14.4 Å². The Bertz CT molecular complexity index is 597. The second kappa shape index (κ2) is 8.04. The maximum Gasteiger partial charge on any atom is 0.410 e. The summed E-state index contributed by atoms with van der Waals surface area (Å²) in [5, 5.41) is 4.05. The van der Waals surface area contributed by atoms with Gasteiger partial charge in [0, 0.05) is 38.9 Å². The number of carbonyl (C=O) groups is 2. The number of nitrogens with zero attached hydrogens (tertiary/aromatic N) is 4. The van der Waals surface area contributed by atoms with E-state index in [0.29, 0.717) is 51.4 Å². The summed E-state index contributed by atoms with van der Waals surface area (Å²) in [6.45, 7) is 7.58. The van der Waals surface area contributed by atoms with E-state index in [1.165, 1.54) is 0 Å². The van der Waals surface area contributed by atoms with E-state index in [1.54, 1.807) is 0 Å². The number of amides is 2. The number of oxime groups is 1. The minimum Gasteiger partial charge on any atom is -0.441 e. The van der Waals surface area contributed by atoms with Crippen LogP contribution in [0.2, 0.25) is 0 Å². The van der Waals surface area contributed by atoms with Crippen LogP contribution in [0.4, 0.5) is 4.79 Å². The SMILES string of the molecule is CC(C)C1=NO[C@@H](C(=O)N2CCC3(CC2)CN(CCCN(C)C)C(=O)O3)C1. The molecule has 27 heavy (non-hydrogen) atoms. The van der Waals surface area contributed by atoms with E-state index in [2.05, 4.69) is 23.9 Å². The molecule has 2 fully saturated rings. The van der Waals surface area contributed by atoms with Crippen LogP contribution in [-0.4, -0.2) is 90.9 Å². The van der Waals surface area contributed by atoms with Crippen molar-refractivity contribution in [2.24, 2.45) is 11.1 Å². The molecule has 3 aliphatic heterocycles. The lowest BCUT2D eigenvalue weighted by molar-refractivity contribution is -0.145. The van der Waals surface area contributed by atoms with Crippen molar-refractivity contribution in [2.75, 3.05) is 46.8 Å². The minimum atomic E-state index is -0.495. The molecule has 0 aromatic rings. The number of hydrogen-bond donors (Lipinski definition) is 0. The second-order valence-corrected chi connectivity index (χ2v) is 8.49. The lowest BCUT2D eigenvalue weighted by Gasteiger charge is -2.38. The molecule has 0 unspecified atom stereocenters. The Balaban J connectivity index is 1.47. The molecule has 2 saturated heterocycles. The molecule has 0 saturated carbocycles. The van der Waals surface area contributed by atoms with Crippen molar-refractivity contribution in [1.29, 1.82) is 0 Å². The van der Waals surface area contributed by atoms with Gasteiger partial charge < -0.3 is 24.3 Å². The van der Waals surface area contributed by atoms with E-state index in [4.69, 9.17) is 9.57 Å². The van der Waals surface area contributed by atoms with Crippen molar-refractivity contribution in [1.82, 2.24) is 14.7 Å². The molecular weight excluding hydrogens is 348 g/mol. The van der Waals surface area contributed by atoms with Crippen LogP contribution >= 0.6 is 0 Å². The van der Waals surface area contributed by atoms with Crippen LogP contribution in [0.1, 0.15) is 39.5 Å². The smallest absolute Gasteiger partial charge is 0.410 e. The van der Waals surface area contributed by atoms with E-state index < -0.39 is 11.7 Å². The van der Waals surface area contributed by atoms with E-state index in [0.717, 1.165) is 18.7 Å². The van der Waals surface area contributed by atoms with Gasteiger partial charge in [-0.15, -0.1) is 0 Å². The Morgan fingerprint density at radius 2 is 2.04 bits per heavy atom. The van der Waals surface area contributed by atoms with Gasteiger partial charge in [0.1, 0.15) is 5.60 Å². The lowest BCUT2D eigenvalue weighted by Crippen LogP contribution is -2.51. The summed E-state index contributed by atoms with van der Waals surface area (Å²) in [7, 11) is 4.06. The van der Waals surface area contributed by atoms with Crippen molar-refractivity contribution >= 4 is 17.7 Å². The van der Waals surface area contributed by atoms with Crippen LogP contribution in [0.25, 0.3) is 0 Å². The molecule has 0 N–H and O–H groups in total. The molecule has 0 aromatic heterocycles. The molecule has 0 aromatic carbocycles. The normalized spacial score (nSPS) is 24.6. The third kappa shape index (κ3) is 4.54. The highest BCUT2D eigenvalue weighted by atomic mass is 16.6. The van der Waals surface area contributed by atoms with Crippen molar-refractivity contribution in [3.8, 4) is 0 Å². The average Bonchev–Trinajstić information content (AvgIpc) is 3.21. The molecule has 0 radical (unpaired) electrons. The van der Waals surface area contributed by atoms with Gasteiger partial charge in [0.05, 0.1) is 12.3 Å². The standard InChI is InChI=1S/C19H32N4O4/c1-14(2)15-12-16(27-20-15)17(24)22-10-6-19(7-11-22)13-23(18(25)26-19)9-5-8-21(3)4/h14,16H,5-13H2,1-4H3/t16-/m1/s1. The molecule has 3 heterocycles. The van der Waals surface area contributed by atoms with Gasteiger partial charge in [0.25, 0.3) is 5.91 Å². The Kier molecular flexibility index (Phi) is 5.93. The average molecular weight is 380 g/mol. The summed E-state index contributed by atoms with van der Waals surface area (Å²) in [6, 6.07) is 0. The zero-order valence-electron chi connectivity index (χ0n) is 16.9. The Hall–Kier alpha value is -1.83. The van der Waals surface area contributed by atoms with Crippen LogP contribution in [0, 0.1) is 5.92 Å². The molecular formula is C19H32N4O4. The van der Waals surface area contributed by atoms with Crippen LogP contribution < -0.4 is 0 Å². The zero-order valence-corrected chi connectivity index (χ0v) is 16.9. The van der Waals surface area contributed by atoms with Gasteiger partial charge in [-0.1, -0.05) is 19.0 Å². The van der Waals surface area contributed by atoms with Crippen LogP contribution in [0.5, 0.6) is 0 Å². The van der Waals surface area contributed by atoms with E-state index in [-0.39, 0.29) is 12.0 Å². The molecule has 3 rings (SSSR count). The number of hydrogen-bond acceptors (Lipinski definition) is 6. The fourth-order valence-corrected chi connectivity index (χ4v) is 3.91. The molecule has 2 amide bonds. The lowest BCUT2D eigenvalue weighted by atomic mass is 9.90. The topological polar surface area (TPSA) is 74.7 Å². The summed E-state index contributed by atoms with van der Waals surface area (Å²) in [5.74, 6) is 0.292. The van der Waals surface area contributed by atoms with Crippen molar-refractivity contribution < 1.29 is 19.2 Å². The fourth-order valence-electron chi connectivity index (χ4n) is 3.91. The van der Waals surface area contributed by atoms with Crippen LogP contribution in [0.15, 0.2) is 5.16 Å². The first-order valence-electron chi connectivity index (χ1n) is 9.94. The van der Waals surface area contributed by atoms with Gasteiger partial charge in [0.2, 0.25) is 6.10 Å². The van der Waals surface area contributed by atoms with Gasteiger partial charge in [-0.2, -0.15) is 0 Å². The monoisotopic (exact) mass is 380 g/mol. The first-order valence-corrected chi connectivity index (χ1v) is 9.94. The summed E-state index contributed by atoms with van der Waals surface area (Å²) >= 11 is 0. The highest BCUT2D eigenvalue weighted by molar-refractivity contribution is 5.93. The molecule has 8 nitrogen and oxygen atoms in total. The molecule has 0 aliphatic carbocycles. The number of ether oxygens (including phenoxy) is 1. The Labute approximate surface area is 161 Å². The van der Waals surface area contributed by atoms with Crippen LogP contribution in [0.3, 0.4) is 0 Å². The molecule has 1 spiro atoms. The van der Waals surface area contributed by atoms with Crippen molar-refractivity contribution in [3.05, 3.63) is 0 Å².